The lowest BCUT2D eigenvalue weighted by atomic mass is 10.2. The summed E-state index contributed by atoms with van der Waals surface area (Å²) < 4.78 is 0. The Bertz CT molecular complexity index is 377. The lowest BCUT2D eigenvalue weighted by molar-refractivity contribution is 0.674. The maximum Gasteiger partial charge on any atom is 0.0612 e. The van der Waals surface area contributed by atoms with Gasteiger partial charge in [-0.1, -0.05) is 17.5 Å². The summed E-state index contributed by atoms with van der Waals surface area (Å²) in [6, 6.07) is 2.51. The Balaban J connectivity index is 2.03. The zero-order valence-corrected chi connectivity index (χ0v) is 8.51. The zero-order valence-electron chi connectivity index (χ0n) is 7.76. The van der Waals surface area contributed by atoms with Gasteiger partial charge < -0.3 is 5.32 Å². The van der Waals surface area contributed by atoms with Crippen molar-refractivity contribution in [3.63, 3.8) is 0 Å². The lowest BCUT2D eigenvalue weighted by Gasteiger charge is -2.03. The van der Waals surface area contributed by atoms with E-state index in [0.29, 0.717) is 16.6 Å². The largest absolute Gasteiger partial charge is 0.308 e. The molecule has 1 aliphatic carbocycles. The van der Waals surface area contributed by atoms with Crippen LogP contribution in [-0.2, 0) is 6.54 Å². The fraction of sp³-hybridized carbons (Fsp3) is 0.364. The Kier molecular flexibility index (Phi) is 2.72. The molecule has 0 aromatic carbocycles. The first-order chi connectivity index (χ1) is 6.79. The second-order valence-electron chi connectivity index (χ2n) is 3.45. The molecule has 2 rings (SSSR count). The van der Waals surface area contributed by atoms with Crippen molar-refractivity contribution in [2.45, 2.75) is 25.4 Å². The minimum atomic E-state index is 0.607. The summed E-state index contributed by atoms with van der Waals surface area (Å²) >= 11 is 5.95. The van der Waals surface area contributed by atoms with Crippen LogP contribution in [0.5, 0.6) is 0 Å². The summed E-state index contributed by atoms with van der Waals surface area (Å²) in [5, 5.41) is 3.97. The normalized spacial score (nSPS) is 15.1. The summed E-state index contributed by atoms with van der Waals surface area (Å²) in [6.07, 6.45) is 9.44. The van der Waals surface area contributed by atoms with Gasteiger partial charge in [0.1, 0.15) is 0 Å². The van der Waals surface area contributed by atoms with E-state index in [-0.39, 0.29) is 0 Å². The van der Waals surface area contributed by atoms with Crippen LogP contribution in [0.25, 0.3) is 0 Å². The SMILES string of the molecule is C#Cc1cnc(CNC2CC2)cc1Cl. The van der Waals surface area contributed by atoms with Gasteiger partial charge in [-0.2, -0.15) is 0 Å². The van der Waals surface area contributed by atoms with Crippen LogP contribution in [0, 0.1) is 12.3 Å². The highest BCUT2D eigenvalue weighted by Crippen LogP contribution is 2.20. The third-order valence-corrected chi connectivity index (χ3v) is 2.53. The van der Waals surface area contributed by atoms with Crippen LogP contribution in [0.4, 0.5) is 0 Å². The van der Waals surface area contributed by atoms with E-state index in [4.69, 9.17) is 18.0 Å². The van der Waals surface area contributed by atoms with Crippen molar-refractivity contribution in [1.29, 1.82) is 0 Å². The number of halogens is 1. The topological polar surface area (TPSA) is 24.9 Å². The minimum Gasteiger partial charge on any atom is -0.308 e. The van der Waals surface area contributed by atoms with E-state index in [1.165, 1.54) is 12.8 Å². The van der Waals surface area contributed by atoms with E-state index in [0.717, 1.165) is 12.2 Å². The highest BCUT2D eigenvalue weighted by Gasteiger charge is 2.20. The van der Waals surface area contributed by atoms with Crippen LogP contribution >= 0.6 is 11.6 Å². The van der Waals surface area contributed by atoms with Crippen molar-refractivity contribution in [3.8, 4) is 12.3 Å². The molecular weight excluding hydrogens is 196 g/mol. The molecule has 0 bridgehead atoms. The molecule has 0 unspecified atom stereocenters. The van der Waals surface area contributed by atoms with Gasteiger partial charge in [-0.15, -0.1) is 6.42 Å². The second kappa shape index (κ2) is 4.00. The highest BCUT2D eigenvalue weighted by atomic mass is 35.5. The van der Waals surface area contributed by atoms with Crippen LogP contribution < -0.4 is 5.32 Å². The van der Waals surface area contributed by atoms with Crippen LogP contribution in [0.1, 0.15) is 24.1 Å². The van der Waals surface area contributed by atoms with Gasteiger partial charge >= 0.3 is 0 Å². The number of hydrogen-bond acceptors (Lipinski definition) is 2. The molecule has 1 aromatic rings. The zero-order chi connectivity index (χ0) is 9.97. The van der Waals surface area contributed by atoms with E-state index in [1.807, 2.05) is 6.07 Å². The summed E-state index contributed by atoms with van der Waals surface area (Å²) in [5.74, 6) is 2.48. The highest BCUT2D eigenvalue weighted by molar-refractivity contribution is 6.31. The van der Waals surface area contributed by atoms with Gasteiger partial charge in [0.05, 0.1) is 16.3 Å². The van der Waals surface area contributed by atoms with E-state index in [1.54, 1.807) is 6.20 Å². The van der Waals surface area contributed by atoms with Crippen LogP contribution in [0.3, 0.4) is 0 Å². The monoisotopic (exact) mass is 206 g/mol. The van der Waals surface area contributed by atoms with E-state index < -0.39 is 0 Å². The van der Waals surface area contributed by atoms with Gasteiger partial charge in [0.15, 0.2) is 0 Å². The molecule has 0 spiro atoms. The molecule has 0 aliphatic heterocycles. The molecule has 0 saturated heterocycles. The maximum absolute atomic E-state index is 5.95. The van der Waals surface area contributed by atoms with Gasteiger partial charge in [0.2, 0.25) is 0 Å². The first-order valence-corrected chi connectivity index (χ1v) is 5.02. The van der Waals surface area contributed by atoms with E-state index in [2.05, 4.69) is 16.2 Å². The van der Waals surface area contributed by atoms with E-state index in [9.17, 15) is 0 Å². The van der Waals surface area contributed by atoms with Crippen molar-refractivity contribution >= 4 is 11.6 Å². The molecule has 2 nitrogen and oxygen atoms in total. The number of terminal acetylenes is 1. The average molecular weight is 207 g/mol. The Morgan fingerprint density at radius 1 is 1.64 bits per heavy atom. The molecule has 0 radical (unpaired) electrons. The Morgan fingerprint density at radius 3 is 3.00 bits per heavy atom. The predicted molar refractivity (Wildman–Crippen MR) is 57.0 cm³/mol. The number of pyridine rings is 1. The first kappa shape index (κ1) is 9.51. The Morgan fingerprint density at radius 2 is 2.43 bits per heavy atom. The van der Waals surface area contributed by atoms with Gasteiger partial charge in [0, 0.05) is 18.8 Å². The first-order valence-electron chi connectivity index (χ1n) is 4.64. The van der Waals surface area contributed by atoms with Crippen molar-refractivity contribution in [2.24, 2.45) is 0 Å². The molecule has 14 heavy (non-hydrogen) atoms. The lowest BCUT2D eigenvalue weighted by Crippen LogP contribution is -2.16. The van der Waals surface area contributed by atoms with Crippen molar-refractivity contribution in [2.75, 3.05) is 0 Å². The molecule has 72 valence electrons. The fourth-order valence-corrected chi connectivity index (χ4v) is 1.44. The predicted octanol–water partition coefficient (Wildman–Crippen LogP) is 1.97. The van der Waals surface area contributed by atoms with Crippen LogP contribution in [0.2, 0.25) is 5.02 Å². The second-order valence-corrected chi connectivity index (χ2v) is 3.86. The standard InChI is InChI=1S/C11H11ClN2/c1-2-8-6-13-10(5-11(8)12)7-14-9-3-4-9/h1,5-6,9,14H,3-4,7H2. The van der Waals surface area contributed by atoms with Crippen molar-refractivity contribution < 1.29 is 0 Å². The maximum atomic E-state index is 5.95. The molecule has 1 N–H and O–H groups in total. The van der Waals surface area contributed by atoms with Crippen molar-refractivity contribution in [3.05, 3.63) is 28.5 Å². The number of nitrogens with zero attached hydrogens (tertiary/aromatic N) is 1. The molecule has 3 heteroatoms. The van der Waals surface area contributed by atoms with Crippen LogP contribution in [0.15, 0.2) is 12.3 Å². The molecule has 0 atom stereocenters. The van der Waals surface area contributed by atoms with Gasteiger partial charge in [-0.25, -0.2) is 0 Å². The third-order valence-electron chi connectivity index (χ3n) is 2.21. The number of nitrogens with one attached hydrogen (secondary N) is 1. The molecule has 1 saturated carbocycles. The van der Waals surface area contributed by atoms with Crippen LogP contribution in [-0.4, -0.2) is 11.0 Å². The Labute approximate surface area is 88.7 Å². The summed E-state index contributed by atoms with van der Waals surface area (Å²) in [7, 11) is 0. The minimum absolute atomic E-state index is 0.607. The Hall–Kier alpha value is -1.04. The molecule has 0 amide bonds. The average Bonchev–Trinajstić information content (AvgIpc) is 2.98. The van der Waals surface area contributed by atoms with E-state index >= 15 is 0 Å². The summed E-state index contributed by atoms with van der Waals surface area (Å²) in [5.41, 5.74) is 1.60. The summed E-state index contributed by atoms with van der Waals surface area (Å²) in [6.45, 7) is 0.773. The quantitative estimate of drug-likeness (QED) is 0.765. The third kappa shape index (κ3) is 2.25. The number of aromatic nitrogens is 1. The number of hydrogen-bond donors (Lipinski definition) is 1. The fourth-order valence-electron chi connectivity index (χ4n) is 1.21. The molecule has 1 fully saturated rings. The molecular formula is C11H11ClN2. The summed E-state index contributed by atoms with van der Waals surface area (Å²) in [4.78, 5) is 4.22. The molecule has 1 aliphatic rings. The van der Waals surface area contributed by atoms with Gasteiger partial charge in [-0.05, 0) is 18.9 Å². The van der Waals surface area contributed by atoms with Crippen molar-refractivity contribution in [1.82, 2.24) is 10.3 Å². The van der Waals surface area contributed by atoms with Gasteiger partial charge in [0.25, 0.3) is 0 Å². The van der Waals surface area contributed by atoms with Gasteiger partial charge in [-0.3, -0.25) is 4.98 Å². The molecule has 1 heterocycles. The molecule has 1 aromatic heterocycles. The smallest absolute Gasteiger partial charge is 0.0612 e. The number of rotatable bonds is 3.